The average molecular weight is 291 g/mol. The van der Waals surface area contributed by atoms with Gasteiger partial charge in [0.05, 0.1) is 11.7 Å². The lowest BCUT2D eigenvalue weighted by Gasteiger charge is -2.20. The Morgan fingerprint density at radius 2 is 2.05 bits per heavy atom. The predicted molar refractivity (Wildman–Crippen MR) is 82.8 cm³/mol. The maximum absolute atomic E-state index is 12.0. The molecule has 1 fully saturated rings. The number of carbonyl (C=O) groups excluding carboxylic acids is 1. The lowest BCUT2D eigenvalue weighted by atomic mass is 10.2. The first-order valence-corrected chi connectivity index (χ1v) is 7.74. The summed E-state index contributed by atoms with van der Waals surface area (Å²) in [7, 11) is 0. The van der Waals surface area contributed by atoms with Crippen LogP contribution in [0.15, 0.2) is 24.3 Å². The average Bonchev–Trinajstić information content (AvgIpc) is 2.84. The van der Waals surface area contributed by atoms with Crippen LogP contribution in [-0.4, -0.2) is 42.7 Å². The molecule has 1 heterocycles. The molecule has 0 unspecified atom stereocenters. The van der Waals surface area contributed by atoms with E-state index in [1.165, 1.54) is 12.8 Å². The molecule has 1 atom stereocenters. The van der Waals surface area contributed by atoms with Gasteiger partial charge in [0.2, 0.25) is 0 Å². The summed E-state index contributed by atoms with van der Waals surface area (Å²) >= 11 is 0. The van der Waals surface area contributed by atoms with Crippen LogP contribution in [0.25, 0.3) is 0 Å². The number of benzene rings is 1. The fraction of sp³-hybridized carbons (Fsp3) is 0.588. The largest absolute Gasteiger partial charge is 0.491 e. The van der Waals surface area contributed by atoms with Crippen molar-refractivity contribution in [3.8, 4) is 5.75 Å². The minimum atomic E-state index is -0.266. The molecule has 1 aromatic rings. The van der Waals surface area contributed by atoms with Gasteiger partial charge in [0.25, 0.3) is 0 Å². The number of hydrogen-bond donors (Lipinski definition) is 0. The molecule has 0 amide bonds. The van der Waals surface area contributed by atoms with Crippen molar-refractivity contribution >= 4 is 5.97 Å². The Morgan fingerprint density at radius 3 is 2.62 bits per heavy atom. The minimum Gasteiger partial charge on any atom is -0.491 e. The third-order valence-corrected chi connectivity index (χ3v) is 3.76. The van der Waals surface area contributed by atoms with Gasteiger partial charge in [0.15, 0.2) is 0 Å². The summed E-state index contributed by atoms with van der Waals surface area (Å²) in [4.78, 5) is 14.3. The number of hydrogen-bond acceptors (Lipinski definition) is 4. The van der Waals surface area contributed by atoms with Crippen LogP contribution in [0.3, 0.4) is 0 Å². The zero-order valence-electron chi connectivity index (χ0n) is 13.2. The van der Waals surface area contributed by atoms with Crippen LogP contribution in [-0.2, 0) is 4.74 Å². The summed E-state index contributed by atoms with van der Waals surface area (Å²) in [5.41, 5.74) is 0.570. The van der Waals surface area contributed by atoms with E-state index in [9.17, 15) is 4.79 Å². The summed E-state index contributed by atoms with van der Waals surface area (Å²) in [6, 6.07) is 7.71. The molecule has 4 nitrogen and oxygen atoms in total. The molecule has 0 saturated carbocycles. The van der Waals surface area contributed by atoms with Crippen LogP contribution in [0.5, 0.6) is 5.75 Å². The molecule has 0 radical (unpaired) electrons. The van der Waals surface area contributed by atoms with E-state index in [2.05, 4.69) is 11.8 Å². The van der Waals surface area contributed by atoms with E-state index in [1.807, 2.05) is 13.8 Å². The maximum atomic E-state index is 12.0. The van der Waals surface area contributed by atoms with Crippen LogP contribution in [0.4, 0.5) is 0 Å². The van der Waals surface area contributed by atoms with E-state index in [-0.39, 0.29) is 12.1 Å². The lowest BCUT2D eigenvalue weighted by molar-refractivity contribution is 0.0458. The van der Waals surface area contributed by atoms with E-state index >= 15 is 0 Å². The molecule has 4 heteroatoms. The Labute approximate surface area is 127 Å². The van der Waals surface area contributed by atoms with Crippen molar-refractivity contribution in [2.24, 2.45) is 0 Å². The Bertz CT molecular complexity index is 456. The molecule has 0 N–H and O–H groups in total. The highest BCUT2D eigenvalue weighted by Crippen LogP contribution is 2.16. The van der Waals surface area contributed by atoms with E-state index in [0.29, 0.717) is 18.2 Å². The monoisotopic (exact) mass is 291 g/mol. The quantitative estimate of drug-likeness (QED) is 0.755. The second-order valence-electron chi connectivity index (χ2n) is 5.85. The van der Waals surface area contributed by atoms with Gasteiger partial charge in [-0.05, 0) is 64.4 Å². The van der Waals surface area contributed by atoms with Crippen molar-refractivity contribution in [2.45, 2.75) is 45.8 Å². The van der Waals surface area contributed by atoms with Gasteiger partial charge in [-0.2, -0.15) is 0 Å². The van der Waals surface area contributed by atoms with Crippen molar-refractivity contribution in [3.05, 3.63) is 29.8 Å². The standard InChI is InChI=1S/C17H25NO3/c1-13(2)21-16-8-6-15(7-9-16)17(19)20-12-11-18-10-4-5-14(18)3/h6-9,13-14H,4-5,10-12H2,1-3H3/t14-/m1/s1. The van der Waals surface area contributed by atoms with Crippen molar-refractivity contribution in [2.75, 3.05) is 19.7 Å². The van der Waals surface area contributed by atoms with Crippen molar-refractivity contribution in [1.82, 2.24) is 4.90 Å². The first-order chi connectivity index (χ1) is 10.1. The first kappa shape index (κ1) is 15.8. The first-order valence-electron chi connectivity index (χ1n) is 7.74. The molecule has 1 saturated heterocycles. The molecule has 0 aliphatic carbocycles. The molecule has 0 bridgehead atoms. The normalized spacial score (nSPS) is 19.0. The van der Waals surface area contributed by atoms with Gasteiger partial charge in [-0.3, -0.25) is 4.90 Å². The summed E-state index contributed by atoms with van der Waals surface area (Å²) in [6.45, 7) is 8.56. The lowest BCUT2D eigenvalue weighted by Crippen LogP contribution is -2.31. The highest BCUT2D eigenvalue weighted by Gasteiger charge is 2.20. The molecular formula is C17H25NO3. The van der Waals surface area contributed by atoms with Gasteiger partial charge in [-0.25, -0.2) is 4.79 Å². The Balaban J connectivity index is 1.77. The van der Waals surface area contributed by atoms with E-state index in [4.69, 9.17) is 9.47 Å². The molecule has 1 aromatic carbocycles. The van der Waals surface area contributed by atoms with Crippen LogP contribution < -0.4 is 4.74 Å². The zero-order valence-corrected chi connectivity index (χ0v) is 13.2. The zero-order chi connectivity index (χ0) is 15.2. The molecule has 1 aliphatic heterocycles. The summed E-state index contributed by atoms with van der Waals surface area (Å²) in [5.74, 6) is 0.505. The molecule has 116 valence electrons. The van der Waals surface area contributed by atoms with E-state index in [0.717, 1.165) is 18.8 Å². The van der Waals surface area contributed by atoms with E-state index in [1.54, 1.807) is 24.3 Å². The van der Waals surface area contributed by atoms with Gasteiger partial charge in [-0.1, -0.05) is 0 Å². The highest BCUT2D eigenvalue weighted by molar-refractivity contribution is 5.89. The van der Waals surface area contributed by atoms with Crippen LogP contribution in [0.2, 0.25) is 0 Å². The molecule has 1 aliphatic rings. The van der Waals surface area contributed by atoms with Crippen molar-refractivity contribution in [1.29, 1.82) is 0 Å². The van der Waals surface area contributed by atoms with Gasteiger partial charge in [-0.15, -0.1) is 0 Å². The third-order valence-electron chi connectivity index (χ3n) is 3.76. The Morgan fingerprint density at radius 1 is 1.33 bits per heavy atom. The van der Waals surface area contributed by atoms with Crippen LogP contribution in [0, 0.1) is 0 Å². The minimum absolute atomic E-state index is 0.130. The predicted octanol–water partition coefficient (Wildman–Crippen LogP) is 3.11. The SMILES string of the molecule is CC(C)Oc1ccc(C(=O)OCCN2CCC[C@H]2C)cc1. The topological polar surface area (TPSA) is 38.8 Å². The van der Waals surface area contributed by atoms with Crippen molar-refractivity contribution in [3.63, 3.8) is 0 Å². The number of rotatable bonds is 6. The molecule has 21 heavy (non-hydrogen) atoms. The second-order valence-corrected chi connectivity index (χ2v) is 5.85. The second kappa shape index (κ2) is 7.46. The number of nitrogens with zero attached hydrogens (tertiary/aromatic N) is 1. The van der Waals surface area contributed by atoms with Gasteiger partial charge in [0.1, 0.15) is 12.4 Å². The fourth-order valence-corrected chi connectivity index (χ4v) is 2.61. The van der Waals surface area contributed by atoms with E-state index < -0.39 is 0 Å². The number of ether oxygens (including phenoxy) is 2. The smallest absolute Gasteiger partial charge is 0.338 e. The fourth-order valence-electron chi connectivity index (χ4n) is 2.61. The number of carbonyl (C=O) groups is 1. The van der Waals surface area contributed by atoms with Gasteiger partial charge >= 0.3 is 5.97 Å². The molecule has 0 aromatic heterocycles. The number of esters is 1. The summed E-state index contributed by atoms with van der Waals surface area (Å²) in [6.07, 6.45) is 2.61. The molecule has 0 spiro atoms. The Hall–Kier alpha value is -1.55. The molecular weight excluding hydrogens is 266 g/mol. The van der Waals surface area contributed by atoms with Crippen LogP contribution >= 0.6 is 0 Å². The highest BCUT2D eigenvalue weighted by atomic mass is 16.5. The van der Waals surface area contributed by atoms with Crippen LogP contribution in [0.1, 0.15) is 44.0 Å². The summed E-state index contributed by atoms with van der Waals surface area (Å²) < 4.78 is 10.9. The summed E-state index contributed by atoms with van der Waals surface area (Å²) in [5, 5.41) is 0. The Kier molecular flexibility index (Phi) is 5.62. The van der Waals surface area contributed by atoms with Gasteiger partial charge < -0.3 is 9.47 Å². The molecule has 2 rings (SSSR count). The number of likely N-dealkylation sites (tertiary alicyclic amines) is 1. The third kappa shape index (κ3) is 4.74. The van der Waals surface area contributed by atoms with Gasteiger partial charge in [0, 0.05) is 12.6 Å². The maximum Gasteiger partial charge on any atom is 0.338 e. The van der Waals surface area contributed by atoms with Crippen molar-refractivity contribution < 1.29 is 14.3 Å².